The number of aryl methyl sites for hydroxylation is 4. The summed E-state index contributed by atoms with van der Waals surface area (Å²) in [6.45, 7) is 4.09. The first-order valence-corrected chi connectivity index (χ1v) is 10.7. The molecular formula is C26H22N6. The monoisotopic (exact) mass is 418 g/mol. The highest BCUT2D eigenvalue weighted by Gasteiger charge is 2.24. The van der Waals surface area contributed by atoms with E-state index < -0.39 is 0 Å². The summed E-state index contributed by atoms with van der Waals surface area (Å²) in [6.07, 6.45) is 0. The van der Waals surface area contributed by atoms with Gasteiger partial charge >= 0.3 is 0 Å². The molecule has 0 bridgehead atoms. The number of fused-ring (bicyclic) bond motifs is 4. The first-order valence-electron chi connectivity index (χ1n) is 10.7. The van der Waals surface area contributed by atoms with Crippen molar-refractivity contribution in [2.45, 2.75) is 13.8 Å². The number of pyridine rings is 2. The van der Waals surface area contributed by atoms with Crippen LogP contribution in [0.1, 0.15) is 11.4 Å². The summed E-state index contributed by atoms with van der Waals surface area (Å²) in [5.41, 5.74) is 8.64. The summed E-state index contributed by atoms with van der Waals surface area (Å²) in [5, 5.41) is 12.6. The molecule has 32 heavy (non-hydrogen) atoms. The van der Waals surface area contributed by atoms with Crippen molar-refractivity contribution in [3.8, 4) is 22.4 Å². The number of hydrogen-bond acceptors (Lipinski definition) is 4. The first-order chi connectivity index (χ1) is 15.5. The van der Waals surface area contributed by atoms with Gasteiger partial charge < -0.3 is 0 Å². The van der Waals surface area contributed by atoms with Gasteiger partial charge in [-0.1, -0.05) is 60.7 Å². The predicted molar refractivity (Wildman–Crippen MR) is 128 cm³/mol. The Balaban J connectivity index is 1.96. The summed E-state index contributed by atoms with van der Waals surface area (Å²) in [4.78, 5) is 10.2. The highest BCUT2D eigenvalue weighted by Crippen LogP contribution is 2.42. The van der Waals surface area contributed by atoms with Crippen LogP contribution in [-0.4, -0.2) is 29.5 Å². The van der Waals surface area contributed by atoms with Crippen LogP contribution in [0.3, 0.4) is 0 Å². The summed E-state index contributed by atoms with van der Waals surface area (Å²) in [7, 11) is 3.90. The van der Waals surface area contributed by atoms with Gasteiger partial charge in [-0.15, -0.1) is 0 Å². The maximum Gasteiger partial charge on any atom is 0.159 e. The molecule has 4 heterocycles. The van der Waals surface area contributed by atoms with E-state index in [1.807, 2.05) is 54.6 Å². The molecule has 0 saturated heterocycles. The van der Waals surface area contributed by atoms with Crippen molar-refractivity contribution in [3.05, 3.63) is 72.1 Å². The fourth-order valence-electron chi connectivity index (χ4n) is 4.80. The van der Waals surface area contributed by atoms with Gasteiger partial charge in [0, 0.05) is 30.6 Å². The molecule has 2 aromatic carbocycles. The van der Waals surface area contributed by atoms with E-state index in [9.17, 15) is 0 Å². The average Bonchev–Trinajstić information content (AvgIpc) is 3.26. The van der Waals surface area contributed by atoms with Gasteiger partial charge in [0.15, 0.2) is 11.3 Å². The van der Waals surface area contributed by atoms with Gasteiger partial charge in [0.1, 0.15) is 5.52 Å². The fourth-order valence-corrected chi connectivity index (χ4v) is 4.80. The normalized spacial score (nSPS) is 11.8. The third-order valence-electron chi connectivity index (χ3n) is 6.14. The highest BCUT2D eigenvalue weighted by molar-refractivity contribution is 6.22. The van der Waals surface area contributed by atoms with E-state index in [0.29, 0.717) is 0 Å². The molecule has 0 atom stereocenters. The second kappa shape index (κ2) is 6.72. The molecule has 0 aliphatic heterocycles. The van der Waals surface area contributed by atoms with Crippen molar-refractivity contribution < 1.29 is 0 Å². The number of rotatable bonds is 2. The number of aromatic nitrogens is 6. The Labute approximate surface area is 185 Å². The Hall–Kier alpha value is -4.06. The molecule has 0 saturated carbocycles. The van der Waals surface area contributed by atoms with Crippen molar-refractivity contribution in [2.75, 3.05) is 0 Å². The van der Waals surface area contributed by atoms with Crippen LogP contribution in [0.4, 0.5) is 0 Å². The van der Waals surface area contributed by atoms with Gasteiger partial charge in [-0.05, 0) is 19.4 Å². The minimum absolute atomic E-state index is 0.855. The highest BCUT2D eigenvalue weighted by atomic mass is 15.3. The SMILES string of the molecule is Cc1nn(C)c2nc3c(-c4ccccc4)nc4c(c(C)nn4C)c3c(-c3ccccc3)c12. The zero-order valence-corrected chi connectivity index (χ0v) is 18.5. The lowest BCUT2D eigenvalue weighted by Gasteiger charge is -2.14. The van der Waals surface area contributed by atoms with Crippen LogP contribution < -0.4 is 0 Å². The van der Waals surface area contributed by atoms with E-state index in [2.05, 4.69) is 43.3 Å². The third kappa shape index (κ3) is 2.52. The molecule has 0 spiro atoms. The number of benzene rings is 2. The van der Waals surface area contributed by atoms with Crippen LogP contribution in [0.2, 0.25) is 0 Å². The van der Waals surface area contributed by atoms with E-state index >= 15 is 0 Å². The Kier molecular flexibility index (Phi) is 3.92. The molecule has 6 heteroatoms. The molecule has 0 aliphatic carbocycles. The predicted octanol–water partition coefficient (Wildman–Crippen LogP) is 5.35. The van der Waals surface area contributed by atoms with Crippen LogP contribution in [0.5, 0.6) is 0 Å². The molecule has 0 radical (unpaired) electrons. The average molecular weight is 419 g/mol. The Morgan fingerprint density at radius 2 is 1.12 bits per heavy atom. The Bertz CT molecular complexity index is 1640. The van der Waals surface area contributed by atoms with E-state index in [4.69, 9.17) is 20.2 Å². The molecule has 0 amide bonds. The standard InChI is InChI=1S/C26H22N6/c1-15-19-21(17-11-7-5-8-12-17)22-20-16(2)30-32(4)26(20)27-23(18-13-9-6-10-14-18)24(22)28-25(19)31(3)29-15/h5-14H,1-4H3. The lowest BCUT2D eigenvalue weighted by atomic mass is 9.93. The maximum atomic E-state index is 5.16. The summed E-state index contributed by atoms with van der Waals surface area (Å²) >= 11 is 0. The van der Waals surface area contributed by atoms with Gasteiger partial charge in [0.2, 0.25) is 0 Å². The van der Waals surface area contributed by atoms with E-state index in [1.54, 1.807) is 0 Å². The van der Waals surface area contributed by atoms with Crippen LogP contribution in [0.15, 0.2) is 60.7 Å². The molecule has 6 rings (SSSR count). The minimum Gasteiger partial charge on any atom is -0.250 e. The van der Waals surface area contributed by atoms with Crippen molar-refractivity contribution in [3.63, 3.8) is 0 Å². The second-order valence-corrected chi connectivity index (χ2v) is 8.22. The number of nitrogens with zero attached hydrogens (tertiary/aromatic N) is 6. The minimum atomic E-state index is 0.855. The molecule has 6 aromatic rings. The summed E-state index contributed by atoms with van der Waals surface area (Å²) in [5.74, 6) is 0. The topological polar surface area (TPSA) is 61.4 Å². The Morgan fingerprint density at radius 1 is 0.594 bits per heavy atom. The van der Waals surface area contributed by atoms with Gasteiger partial charge in [-0.3, -0.25) is 9.36 Å². The molecule has 0 N–H and O–H groups in total. The number of hydrogen-bond donors (Lipinski definition) is 0. The lowest BCUT2D eigenvalue weighted by molar-refractivity contribution is 0.773. The molecule has 0 fully saturated rings. The van der Waals surface area contributed by atoms with Crippen molar-refractivity contribution in [2.24, 2.45) is 14.1 Å². The molecule has 0 unspecified atom stereocenters. The molecule has 0 aliphatic rings. The molecule has 6 nitrogen and oxygen atoms in total. The Morgan fingerprint density at radius 3 is 1.75 bits per heavy atom. The van der Waals surface area contributed by atoms with Crippen molar-refractivity contribution >= 4 is 33.0 Å². The van der Waals surface area contributed by atoms with Crippen molar-refractivity contribution in [1.82, 2.24) is 29.5 Å². The van der Waals surface area contributed by atoms with E-state index in [1.165, 1.54) is 0 Å². The zero-order chi connectivity index (χ0) is 22.0. The smallest absolute Gasteiger partial charge is 0.159 e. The van der Waals surface area contributed by atoms with Gasteiger partial charge in [-0.2, -0.15) is 10.2 Å². The van der Waals surface area contributed by atoms with Gasteiger partial charge in [-0.25, -0.2) is 9.97 Å². The van der Waals surface area contributed by atoms with Crippen LogP contribution in [0, 0.1) is 13.8 Å². The van der Waals surface area contributed by atoms with Gasteiger partial charge in [0.05, 0.1) is 27.9 Å². The van der Waals surface area contributed by atoms with Crippen LogP contribution in [0.25, 0.3) is 55.4 Å². The van der Waals surface area contributed by atoms with Crippen LogP contribution >= 0.6 is 0 Å². The largest absolute Gasteiger partial charge is 0.250 e. The second-order valence-electron chi connectivity index (χ2n) is 8.22. The molecular weight excluding hydrogens is 396 g/mol. The molecule has 156 valence electrons. The van der Waals surface area contributed by atoms with Gasteiger partial charge in [0.25, 0.3) is 0 Å². The fraction of sp³-hybridized carbons (Fsp3) is 0.154. The van der Waals surface area contributed by atoms with Crippen LogP contribution in [-0.2, 0) is 14.1 Å². The van der Waals surface area contributed by atoms with E-state index in [-0.39, 0.29) is 0 Å². The quantitative estimate of drug-likeness (QED) is 0.380. The first kappa shape index (κ1) is 18.7. The summed E-state index contributed by atoms with van der Waals surface area (Å²) < 4.78 is 3.73. The molecule has 4 aromatic heterocycles. The lowest BCUT2D eigenvalue weighted by Crippen LogP contribution is -1.99. The maximum absolute atomic E-state index is 5.16. The van der Waals surface area contributed by atoms with Crippen molar-refractivity contribution in [1.29, 1.82) is 0 Å². The summed E-state index contributed by atoms with van der Waals surface area (Å²) in [6, 6.07) is 20.8. The van der Waals surface area contributed by atoms with E-state index in [0.717, 1.165) is 66.7 Å². The third-order valence-corrected chi connectivity index (χ3v) is 6.14. The zero-order valence-electron chi connectivity index (χ0n) is 18.5.